The number of benzene rings is 3. The van der Waals surface area contributed by atoms with Crippen LogP contribution in [0, 0.1) is 17.5 Å². The van der Waals surface area contributed by atoms with E-state index < -0.39 is 17.9 Å². The number of hydrogen-bond acceptors (Lipinski definition) is 3. The van der Waals surface area contributed by atoms with E-state index >= 15 is 0 Å². The largest absolute Gasteiger partial charge is 0.483 e. The number of halogens is 3. The molecule has 4 rings (SSSR count). The molecule has 3 nitrogen and oxygen atoms in total. The van der Waals surface area contributed by atoms with Gasteiger partial charge in [0, 0.05) is 0 Å². The number of aliphatic imine (C=N–C) groups is 1. The van der Waals surface area contributed by atoms with Gasteiger partial charge >= 0.3 is 0 Å². The molecule has 1 heterocycles. The van der Waals surface area contributed by atoms with Gasteiger partial charge in [-0.15, -0.1) is 0 Å². The summed E-state index contributed by atoms with van der Waals surface area (Å²) >= 11 is 0. The Kier molecular flexibility index (Phi) is 5.02. The van der Waals surface area contributed by atoms with E-state index in [2.05, 4.69) is 10.3 Å². The van der Waals surface area contributed by atoms with Crippen molar-refractivity contribution in [3.8, 4) is 5.75 Å². The molecule has 1 N–H and O–H groups in total. The van der Waals surface area contributed by atoms with Crippen molar-refractivity contribution >= 4 is 5.84 Å². The lowest BCUT2D eigenvalue weighted by Crippen LogP contribution is -2.28. The van der Waals surface area contributed by atoms with Crippen LogP contribution in [0.1, 0.15) is 23.2 Å². The van der Waals surface area contributed by atoms with Crippen molar-refractivity contribution in [1.29, 1.82) is 0 Å². The van der Waals surface area contributed by atoms with Gasteiger partial charge in [0.25, 0.3) is 0 Å². The van der Waals surface area contributed by atoms with Crippen LogP contribution in [0.15, 0.2) is 77.8 Å². The van der Waals surface area contributed by atoms with Crippen LogP contribution in [0.2, 0.25) is 0 Å². The number of nitrogens with one attached hydrogen (secondary N) is 1. The molecule has 0 bridgehead atoms. The summed E-state index contributed by atoms with van der Waals surface area (Å²) in [6.07, 6.45) is 0. The molecule has 0 aromatic heterocycles. The van der Waals surface area contributed by atoms with Gasteiger partial charge in [-0.05, 0) is 47.5 Å². The van der Waals surface area contributed by atoms with Crippen molar-refractivity contribution in [2.24, 2.45) is 4.99 Å². The first-order valence-corrected chi connectivity index (χ1v) is 8.81. The highest BCUT2D eigenvalue weighted by atomic mass is 19.1. The molecule has 3 aromatic rings. The van der Waals surface area contributed by atoms with Gasteiger partial charge in [0.05, 0.1) is 6.04 Å². The van der Waals surface area contributed by atoms with E-state index in [0.717, 1.165) is 0 Å². The minimum Gasteiger partial charge on any atom is -0.483 e. The predicted molar refractivity (Wildman–Crippen MR) is 101 cm³/mol. The molecule has 3 aromatic carbocycles. The first-order chi connectivity index (χ1) is 13.6. The molecule has 0 amide bonds. The van der Waals surface area contributed by atoms with Gasteiger partial charge in [-0.3, -0.25) is 4.99 Å². The van der Waals surface area contributed by atoms with Crippen LogP contribution in [-0.4, -0.2) is 12.4 Å². The van der Waals surface area contributed by atoms with Crippen LogP contribution in [0.4, 0.5) is 13.2 Å². The number of rotatable bonds is 5. The van der Waals surface area contributed by atoms with Gasteiger partial charge in [-0.2, -0.15) is 0 Å². The van der Waals surface area contributed by atoms with E-state index in [0.29, 0.717) is 17.0 Å². The minimum absolute atomic E-state index is 0.0125. The summed E-state index contributed by atoms with van der Waals surface area (Å²) in [4.78, 5) is 4.60. The molecule has 0 saturated heterocycles. The molecule has 2 atom stereocenters. The van der Waals surface area contributed by atoms with Crippen LogP contribution in [0.5, 0.6) is 5.75 Å². The zero-order chi connectivity index (χ0) is 19.5. The number of para-hydroxylation sites is 1. The van der Waals surface area contributed by atoms with E-state index in [1.54, 1.807) is 36.4 Å². The molecule has 1 aliphatic rings. The second-order valence-electron chi connectivity index (χ2n) is 6.47. The SMILES string of the molecule is Fc1cccc(C2N=C(COc3ccccc3F)NC2c2cccc(F)c2)c1. The third kappa shape index (κ3) is 3.86. The normalized spacial score (nSPS) is 18.5. The van der Waals surface area contributed by atoms with Crippen LogP contribution in [-0.2, 0) is 0 Å². The zero-order valence-electron chi connectivity index (χ0n) is 14.8. The topological polar surface area (TPSA) is 33.6 Å². The third-order valence-corrected chi connectivity index (χ3v) is 4.53. The Morgan fingerprint density at radius 3 is 2.21 bits per heavy atom. The Balaban J connectivity index is 1.61. The molecule has 0 aliphatic carbocycles. The van der Waals surface area contributed by atoms with Crippen LogP contribution >= 0.6 is 0 Å². The predicted octanol–water partition coefficient (Wildman–Crippen LogP) is 4.97. The number of nitrogens with zero attached hydrogens (tertiary/aromatic N) is 1. The van der Waals surface area contributed by atoms with Crippen molar-refractivity contribution in [2.45, 2.75) is 12.1 Å². The van der Waals surface area contributed by atoms with Gasteiger partial charge in [-0.1, -0.05) is 36.4 Å². The number of ether oxygens (including phenoxy) is 1. The Morgan fingerprint density at radius 1 is 0.821 bits per heavy atom. The van der Waals surface area contributed by atoms with Crippen molar-refractivity contribution < 1.29 is 17.9 Å². The van der Waals surface area contributed by atoms with E-state index in [9.17, 15) is 13.2 Å². The van der Waals surface area contributed by atoms with Gasteiger partial charge in [0.2, 0.25) is 0 Å². The van der Waals surface area contributed by atoms with Crippen molar-refractivity contribution in [3.63, 3.8) is 0 Å². The molecule has 2 unspecified atom stereocenters. The second kappa shape index (κ2) is 7.76. The first-order valence-electron chi connectivity index (χ1n) is 8.81. The lowest BCUT2D eigenvalue weighted by Gasteiger charge is -2.20. The molecule has 142 valence electrons. The molecule has 1 aliphatic heterocycles. The number of hydrogen-bond donors (Lipinski definition) is 1. The lowest BCUT2D eigenvalue weighted by molar-refractivity contribution is 0.350. The summed E-state index contributed by atoms with van der Waals surface area (Å²) < 4.78 is 46.8. The molecule has 0 fully saturated rings. The Labute approximate surface area is 160 Å². The maximum atomic E-state index is 13.8. The minimum atomic E-state index is -0.468. The molecule has 0 radical (unpaired) electrons. The van der Waals surface area contributed by atoms with Crippen LogP contribution in [0.3, 0.4) is 0 Å². The summed E-state index contributed by atoms with van der Waals surface area (Å²) in [5.74, 6) is -0.616. The Morgan fingerprint density at radius 2 is 1.50 bits per heavy atom. The first kappa shape index (κ1) is 18.1. The fraction of sp³-hybridized carbons (Fsp3) is 0.136. The third-order valence-electron chi connectivity index (χ3n) is 4.53. The van der Waals surface area contributed by atoms with Crippen LogP contribution in [0.25, 0.3) is 0 Å². The molecule has 0 saturated carbocycles. The fourth-order valence-corrected chi connectivity index (χ4v) is 3.25. The molecule has 28 heavy (non-hydrogen) atoms. The maximum Gasteiger partial charge on any atom is 0.165 e. The highest BCUT2D eigenvalue weighted by Gasteiger charge is 2.32. The summed E-state index contributed by atoms with van der Waals surface area (Å²) in [5.41, 5.74) is 1.33. The summed E-state index contributed by atoms with van der Waals surface area (Å²) in [7, 11) is 0. The summed E-state index contributed by atoms with van der Waals surface area (Å²) in [5, 5.41) is 3.21. The second-order valence-corrected chi connectivity index (χ2v) is 6.47. The smallest absolute Gasteiger partial charge is 0.165 e. The number of amidine groups is 1. The van der Waals surface area contributed by atoms with Crippen molar-refractivity contribution in [2.75, 3.05) is 6.61 Å². The van der Waals surface area contributed by atoms with Crippen molar-refractivity contribution in [3.05, 3.63) is 101 Å². The average Bonchev–Trinajstić information content (AvgIpc) is 3.12. The van der Waals surface area contributed by atoms with Gasteiger partial charge in [-0.25, -0.2) is 13.2 Å². The molecular weight excluding hydrogens is 365 g/mol. The average molecular weight is 382 g/mol. The van der Waals surface area contributed by atoms with Crippen LogP contribution < -0.4 is 10.1 Å². The summed E-state index contributed by atoms with van der Waals surface area (Å²) in [6, 6.07) is 17.5. The van der Waals surface area contributed by atoms with E-state index in [1.807, 2.05) is 0 Å². The fourth-order valence-electron chi connectivity index (χ4n) is 3.25. The van der Waals surface area contributed by atoms with E-state index in [1.165, 1.54) is 36.4 Å². The monoisotopic (exact) mass is 382 g/mol. The zero-order valence-corrected chi connectivity index (χ0v) is 14.8. The Bertz CT molecular complexity index is 1020. The molecular formula is C22H17F3N2O. The van der Waals surface area contributed by atoms with Gasteiger partial charge in [0.1, 0.15) is 30.1 Å². The highest BCUT2D eigenvalue weighted by molar-refractivity contribution is 5.86. The molecule has 0 spiro atoms. The van der Waals surface area contributed by atoms with E-state index in [-0.39, 0.29) is 24.0 Å². The summed E-state index contributed by atoms with van der Waals surface area (Å²) in [6.45, 7) is 0.0125. The molecule has 6 heteroatoms. The highest BCUT2D eigenvalue weighted by Crippen LogP contribution is 2.36. The lowest BCUT2D eigenvalue weighted by atomic mass is 9.95. The quantitative estimate of drug-likeness (QED) is 0.676. The van der Waals surface area contributed by atoms with Crippen molar-refractivity contribution in [1.82, 2.24) is 5.32 Å². The van der Waals surface area contributed by atoms with Gasteiger partial charge < -0.3 is 10.1 Å². The van der Waals surface area contributed by atoms with Gasteiger partial charge in [0.15, 0.2) is 11.6 Å². The maximum absolute atomic E-state index is 13.8. The standard InChI is InChI=1S/C22H17F3N2O/c23-16-7-3-5-14(11-16)21-22(15-6-4-8-17(24)12-15)27-20(26-21)13-28-19-10-2-1-9-18(19)25/h1-12,21-22H,13H2,(H,26,27). The Hall–Kier alpha value is -3.28. The van der Waals surface area contributed by atoms with E-state index in [4.69, 9.17) is 4.74 Å².